The van der Waals surface area contributed by atoms with Crippen molar-refractivity contribution in [3.63, 3.8) is 0 Å². The van der Waals surface area contributed by atoms with Gasteiger partial charge in [0.25, 0.3) is 0 Å². The van der Waals surface area contributed by atoms with E-state index in [9.17, 15) is 9.90 Å². The molecule has 5 nitrogen and oxygen atoms in total. The summed E-state index contributed by atoms with van der Waals surface area (Å²) >= 11 is 0. The summed E-state index contributed by atoms with van der Waals surface area (Å²) in [6.07, 6.45) is 5.96. The largest absolute Gasteiger partial charge is 0.391 e. The molecule has 1 heterocycles. The van der Waals surface area contributed by atoms with Gasteiger partial charge in [0.1, 0.15) is 0 Å². The standard InChI is InChI=1S/C16H31N3O2/c1-12-7-9-19(10-8-12)13(2)11-17-16(21)18-14-5-3-4-6-15(14)20/h12-15,20H,3-11H2,1-2H3,(H2,17,18,21). The van der Waals surface area contributed by atoms with Crippen LogP contribution in [-0.2, 0) is 0 Å². The summed E-state index contributed by atoms with van der Waals surface area (Å²) in [4.78, 5) is 14.4. The second-order valence-electron chi connectivity index (χ2n) is 6.88. The van der Waals surface area contributed by atoms with Crippen LogP contribution in [0.2, 0.25) is 0 Å². The van der Waals surface area contributed by atoms with Gasteiger partial charge >= 0.3 is 6.03 Å². The van der Waals surface area contributed by atoms with E-state index >= 15 is 0 Å². The number of carbonyl (C=O) groups excluding carboxylic acids is 1. The quantitative estimate of drug-likeness (QED) is 0.740. The number of likely N-dealkylation sites (tertiary alicyclic amines) is 1. The molecule has 1 saturated heterocycles. The molecule has 0 aromatic heterocycles. The molecule has 1 aliphatic heterocycles. The molecular weight excluding hydrogens is 266 g/mol. The number of amides is 2. The molecule has 0 spiro atoms. The highest BCUT2D eigenvalue weighted by Gasteiger charge is 2.25. The molecule has 0 aromatic carbocycles. The van der Waals surface area contributed by atoms with Gasteiger partial charge in [0.15, 0.2) is 0 Å². The number of hydrogen-bond donors (Lipinski definition) is 3. The lowest BCUT2D eigenvalue weighted by Crippen LogP contribution is -2.52. The van der Waals surface area contributed by atoms with Gasteiger partial charge in [0, 0.05) is 12.6 Å². The summed E-state index contributed by atoms with van der Waals surface area (Å²) in [5.41, 5.74) is 0. The summed E-state index contributed by atoms with van der Waals surface area (Å²) in [7, 11) is 0. The van der Waals surface area contributed by atoms with Gasteiger partial charge in [-0.25, -0.2) is 4.79 Å². The monoisotopic (exact) mass is 297 g/mol. The molecule has 3 unspecified atom stereocenters. The molecule has 3 atom stereocenters. The number of piperidine rings is 1. The minimum atomic E-state index is -0.384. The Labute approximate surface area is 128 Å². The molecule has 0 radical (unpaired) electrons. The van der Waals surface area contributed by atoms with Crippen LogP contribution in [0.25, 0.3) is 0 Å². The molecule has 1 saturated carbocycles. The van der Waals surface area contributed by atoms with Crippen molar-refractivity contribution in [1.29, 1.82) is 0 Å². The lowest BCUT2D eigenvalue weighted by atomic mass is 9.93. The third-order valence-electron chi connectivity index (χ3n) is 5.05. The third-order valence-corrected chi connectivity index (χ3v) is 5.05. The molecule has 2 fully saturated rings. The van der Waals surface area contributed by atoms with Crippen LogP contribution in [0.3, 0.4) is 0 Å². The van der Waals surface area contributed by atoms with Gasteiger partial charge in [-0.05, 0) is 51.6 Å². The van der Waals surface area contributed by atoms with E-state index in [-0.39, 0.29) is 18.2 Å². The maximum absolute atomic E-state index is 11.9. The molecule has 122 valence electrons. The highest BCUT2D eigenvalue weighted by atomic mass is 16.3. The Morgan fingerprint density at radius 1 is 1.24 bits per heavy atom. The minimum absolute atomic E-state index is 0.0788. The fourth-order valence-corrected chi connectivity index (χ4v) is 3.34. The second-order valence-corrected chi connectivity index (χ2v) is 6.88. The van der Waals surface area contributed by atoms with E-state index in [4.69, 9.17) is 0 Å². The Kier molecular flexibility index (Phi) is 6.30. The zero-order valence-corrected chi connectivity index (χ0v) is 13.5. The lowest BCUT2D eigenvalue weighted by Gasteiger charge is -2.35. The molecule has 0 bridgehead atoms. The summed E-state index contributed by atoms with van der Waals surface area (Å²) in [5, 5.41) is 15.7. The second kappa shape index (κ2) is 7.99. The van der Waals surface area contributed by atoms with Crippen molar-refractivity contribution >= 4 is 6.03 Å². The van der Waals surface area contributed by atoms with Crippen molar-refractivity contribution in [3.8, 4) is 0 Å². The molecule has 2 amide bonds. The molecule has 3 N–H and O–H groups in total. The maximum atomic E-state index is 11.9. The smallest absolute Gasteiger partial charge is 0.315 e. The van der Waals surface area contributed by atoms with Crippen LogP contribution in [0.15, 0.2) is 0 Å². The van der Waals surface area contributed by atoms with Crippen molar-refractivity contribution in [2.24, 2.45) is 5.92 Å². The van der Waals surface area contributed by atoms with Crippen molar-refractivity contribution in [2.45, 2.75) is 70.6 Å². The number of urea groups is 1. The number of nitrogens with one attached hydrogen (secondary N) is 2. The zero-order valence-electron chi connectivity index (χ0n) is 13.5. The number of aliphatic hydroxyl groups excluding tert-OH is 1. The van der Waals surface area contributed by atoms with Gasteiger partial charge in [-0.2, -0.15) is 0 Å². The lowest BCUT2D eigenvalue weighted by molar-refractivity contribution is 0.0937. The first-order valence-corrected chi connectivity index (χ1v) is 8.52. The molecule has 5 heteroatoms. The van der Waals surface area contributed by atoms with E-state index in [1.165, 1.54) is 12.8 Å². The first-order valence-electron chi connectivity index (χ1n) is 8.52. The van der Waals surface area contributed by atoms with E-state index in [2.05, 4.69) is 29.4 Å². The van der Waals surface area contributed by atoms with Gasteiger partial charge in [-0.1, -0.05) is 19.8 Å². The highest BCUT2D eigenvalue weighted by Crippen LogP contribution is 2.19. The van der Waals surface area contributed by atoms with E-state index in [0.717, 1.165) is 44.7 Å². The van der Waals surface area contributed by atoms with Crippen LogP contribution in [0.1, 0.15) is 52.4 Å². The Bertz CT molecular complexity index is 329. The first kappa shape index (κ1) is 16.6. The summed E-state index contributed by atoms with van der Waals surface area (Å²) in [5.74, 6) is 0.831. The average molecular weight is 297 g/mol. The zero-order chi connectivity index (χ0) is 15.2. The van der Waals surface area contributed by atoms with Crippen LogP contribution in [0.5, 0.6) is 0 Å². The first-order chi connectivity index (χ1) is 10.1. The number of aliphatic hydroxyl groups is 1. The highest BCUT2D eigenvalue weighted by molar-refractivity contribution is 5.74. The predicted octanol–water partition coefficient (Wildman–Crippen LogP) is 1.71. The third kappa shape index (κ3) is 5.15. The van der Waals surface area contributed by atoms with Gasteiger partial charge in [-0.3, -0.25) is 4.90 Å². The molecular formula is C16H31N3O2. The topological polar surface area (TPSA) is 64.6 Å². The number of nitrogens with zero attached hydrogens (tertiary/aromatic N) is 1. The van der Waals surface area contributed by atoms with Crippen molar-refractivity contribution in [2.75, 3.05) is 19.6 Å². The molecule has 2 aliphatic rings. The predicted molar refractivity (Wildman–Crippen MR) is 84.2 cm³/mol. The van der Waals surface area contributed by atoms with Gasteiger partial charge in [0.05, 0.1) is 12.1 Å². The van der Waals surface area contributed by atoms with Gasteiger partial charge in [0.2, 0.25) is 0 Å². The fourth-order valence-electron chi connectivity index (χ4n) is 3.34. The van der Waals surface area contributed by atoms with E-state index in [1.807, 2.05) is 0 Å². The van der Waals surface area contributed by atoms with Gasteiger partial charge in [-0.15, -0.1) is 0 Å². The SMILES string of the molecule is CC1CCN(C(C)CNC(=O)NC2CCCCC2O)CC1. The Hall–Kier alpha value is -0.810. The molecule has 0 aromatic rings. The van der Waals surface area contributed by atoms with Crippen LogP contribution in [0, 0.1) is 5.92 Å². The number of carbonyl (C=O) groups is 1. The number of rotatable bonds is 4. The maximum Gasteiger partial charge on any atom is 0.315 e. The van der Waals surface area contributed by atoms with Crippen molar-refractivity contribution in [1.82, 2.24) is 15.5 Å². The Morgan fingerprint density at radius 2 is 1.90 bits per heavy atom. The van der Waals surface area contributed by atoms with E-state index < -0.39 is 0 Å². The minimum Gasteiger partial charge on any atom is -0.391 e. The summed E-state index contributed by atoms with van der Waals surface area (Å²) in [6, 6.07) is 0.155. The molecule has 1 aliphatic carbocycles. The van der Waals surface area contributed by atoms with Crippen LogP contribution in [0.4, 0.5) is 4.79 Å². The fraction of sp³-hybridized carbons (Fsp3) is 0.938. The van der Waals surface area contributed by atoms with Gasteiger partial charge < -0.3 is 15.7 Å². The molecule has 2 rings (SSSR count). The summed E-state index contributed by atoms with van der Waals surface area (Å²) < 4.78 is 0. The normalized spacial score (nSPS) is 29.9. The van der Waals surface area contributed by atoms with Crippen LogP contribution >= 0.6 is 0 Å². The van der Waals surface area contributed by atoms with Crippen LogP contribution in [-0.4, -0.2) is 53.9 Å². The Morgan fingerprint density at radius 3 is 2.57 bits per heavy atom. The van der Waals surface area contributed by atoms with Crippen LogP contribution < -0.4 is 10.6 Å². The van der Waals surface area contributed by atoms with Crippen molar-refractivity contribution < 1.29 is 9.90 Å². The number of hydrogen-bond acceptors (Lipinski definition) is 3. The Balaban J connectivity index is 1.66. The summed E-state index contributed by atoms with van der Waals surface area (Å²) in [6.45, 7) is 7.41. The van der Waals surface area contributed by atoms with E-state index in [1.54, 1.807) is 0 Å². The molecule has 21 heavy (non-hydrogen) atoms. The van der Waals surface area contributed by atoms with E-state index in [0.29, 0.717) is 12.6 Å². The average Bonchev–Trinajstić information content (AvgIpc) is 2.48. The van der Waals surface area contributed by atoms with Crippen molar-refractivity contribution in [3.05, 3.63) is 0 Å².